The Bertz CT molecular complexity index is 1190. The molecule has 10 nitrogen and oxygen atoms in total. The van der Waals surface area contributed by atoms with Gasteiger partial charge in [-0.2, -0.15) is 0 Å². The van der Waals surface area contributed by atoms with E-state index in [9.17, 15) is 24.0 Å². The lowest BCUT2D eigenvalue weighted by Gasteiger charge is -2.35. The van der Waals surface area contributed by atoms with Crippen molar-refractivity contribution in [1.82, 2.24) is 15.5 Å². The number of primary amides is 1. The number of amides is 4. The standard InChI is InChI=1S/C28H36Cl2N4O6/c1-5-8-18(22(35)23(31)36)32-24(37)21-19-17(28(19,29)30)13-34(21)25(38)20(33-26(39)40-27(2,3)4)16-11-14-9-6-7-10-15(14)12-16/h6-7,9-10,16-21H,5,8,11-13H2,1-4H3,(H2,31,36)(H,32,37)(H,33,39)/t17?,18?,19-,20-,21-/m0/s1. The highest BCUT2D eigenvalue weighted by Crippen LogP contribution is 2.65. The third-order valence-corrected chi connectivity index (χ3v) is 8.89. The number of rotatable bonds is 9. The van der Waals surface area contributed by atoms with E-state index in [2.05, 4.69) is 10.6 Å². The Morgan fingerprint density at radius 2 is 1.70 bits per heavy atom. The number of halogens is 2. The van der Waals surface area contributed by atoms with E-state index in [4.69, 9.17) is 33.7 Å². The van der Waals surface area contributed by atoms with Crippen LogP contribution in [0.2, 0.25) is 0 Å². The van der Waals surface area contributed by atoms with E-state index in [0.29, 0.717) is 19.3 Å². The van der Waals surface area contributed by atoms with Gasteiger partial charge < -0.3 is 26.0 Å². The van der Waals surface area contributed by atoms with Crippen LogP contribution in [-0.2, 0) is 36.8 Å². The summed E-state index contributed by atoms with van der Waals surface area (Å²) in [5, 5.41) is 5.37. The quantitative estimate of drug-likeness (QED) is 0.295. The minimum atomic E-state index is -1.22. The third kappa shape index (κ3) is 6.07. The van der Waals surface area contributed by atoms with Crippen LogP contribution in [0.15, 0.2) is 24.3 Å². The van der Waals surface area contributed by atoms with E-state index in [-0.39, 0.29) is 24.8 Å². The fraction of sp³-hybridized carbons (Fsp3) is 0.607. The molecule has 0 bridgehead atoms. The van der Waals surface area contributed by atoms with Crippen LogP contribution in [0.4, 0.5) is 4.79 Å². The van der Waals surface area contributed by atoms with Crippen molar-refractivity contribution in [2.75, 3.05) is 6.54 Å². The van der Waals surface area contributed by atoms with Gasteiger partial charge in [-0.3, -0.25) is 19.2 Å². The summed E-state index contributed by atoms with van der Waals surface area (Å²) in [4.78, 5) is 65.9. The van der Waals surface area contributed by atoms with E-state index in [1.165, 1.54) is 4.90 Å². The van der Waals surface area contributed by atoms with Gasteiger partial charge in [0, 0.05) is 18.4 Å². The molecule has 1 aliphatic heterocycles. The van der Waals surface area contributed by atoms with Crippen LogP contribution in [0.25, 0.3) is 0 Å². The Labute approximate surface area is 243 Å². The molecule has 2 aliphatic carbocycles. The van der Waals surface area contributed by atoms with Crippen molar-refractivity contribution >= 4 is 52.8 Å². The Hall–Kier alpha value is -2.85. The molecule has 1 saturated carbocycles. The Kier molecular flexibility index (Phi) is 8.43. The summed E-state index contributed by atoms with van der Waals surface area (Å²) in [7, 11) is 0. The van der Waals surface area contributed by atoms with Crippen LogP contribution in [-0.4, -0.2) is 69.1 Å². The normalized spacial score (nSPS) is 24.4. The maximum Gasteiger partial charge on any atom is 0.408 e. The van der Waals surface area contributed by atoms with Crippen molar-refractivity contribution in [2.24, 2.45) is 23.5 Å². The van der Waals surface area contributed by atoms with Crippen molar-refractivity contribution in [1.29, 1.82) is 0 Å². The molecule has 1 aromatic rings. The maximum absolute atomic E-state index is 14.2. The van der Waals surface area contributed by atoms with Gasteiger partial charge in [0.25, 0.3) is 5.91 Å². The Balaban J connectivity index is 1.60. The van der Waals surface area contributed by atoms with Gasteiger partial charge in [-0.1, -0.05) is 37.6 Å². The second-order valence-corrected chi connectivity index (χ2v) is 13.3. The van der Waals surface area contributed by atoms with Crippen molar-refractivity contribution in [3.63, 3.8) is 0 Å². The number of alkyl carbamates (subject to hydrolysis) is 1. The van der Waals surface area contributed by atoms with Gasteiger partial charge in [-0.05, 0) is 57.1 Å². The van der Waals surface area contributed by atoms with Gasteiger partial charge in [-0.25, -0.2) is 4.79 Å². The second-order valence-electron chi connectivity index (χ2n) is 11.9. The first-order chi connectivity index (χ1) is 18.7. The number of piperidine rings is 1. The summed E-state index contributed by atoms with van der Waals surface area (Å²) in [6, 6.07) is 4.61. The van der Waals surface area contributed by atoms with Crippen molar-refractivity contribution < 1.29 is 28.7 Å². The minimum Gasteiger partial charge on any atom is -0.444 e. The zero-order valence-electron chi connectivity index (χ0n) is 23.0. The lowest BCUT2D eigenvalue weighted by Crippen LogP contribution is -2.59. The molecule has 3 aliphatic rings. The summed E-state index contributed by atoms with van der Waals surface area (Å²) in [6.07, 6.45) is 1.06. The molecule has 1 saturated heterocycles. The van der Waals surface area contributed by atoms with Crippen LogP contribution in [0.5, 0.6) is 0 Å². The molecule has 0 spiro atoms. The van der Waals surface area contributed by atoms with Crippen LogP contribution >= 0.6 is 23.2 Å². The van der Waals surface area contributed by atoms with E-state index in [1.807, 2.05) is 24.3 Å². The van der Waals surface area contributed by atoms with Crippen LogP contribution in [0.3, 0.4) is 0 Å². The number of benzene rings is 1. The summed E-state index contributed by atoms with van der Waals surface area (Å²) in [5.74, 6) is -4.41. The monoisotopic (exact) mass is 594 g/mol. The van der Waals surface area contributed by atoms with E-state index < -0.39 is 63.6 Å². The number of ether oxygens (including phenoxy) is 1. The topological polar surface area (TPSA) is 148 Å². The molecule has 2 unspecified atom stereocenters. The zero-order chi connectivity index (χ0) is 29.6. The molecular weight excluding hydrogens is 559 g/mol. The maximum atomic E-state index is 14.2. The molecule has 1 aromatic carbocycles. The summed E-state index contributed by atoms with van der Waals surface area (Å²) in [6.45, 7) is 7.07. The van der Waals surface area contributed by atoms with Crippen LogP contribution in [0, 0.1) is 17.8 Å². The van der Waals surface area contributed by atoms with Gasteiger partial charge >= 0.3 is 6.09 Å². The number of hydrogen-bond donors (Lipinski definition) is 3. The first-order valence-corrected chi connectivity index (χ1v) is 14.3. The highest BCUT2D eigenvalue weighted by atomic mass is 35.5. The number of ketones is 1. The average Bonchev–Trinajstić information content (AvgIpc) is 3.24. The Morgan fingerprint density at radius 3 is 2.23 bits per heavy atom. The number of likely N-dealkylation sites (tertiary alicyclic amines) is 1. The molecule has 4 amide bonds. The number of Topliss-reactive ketones (excluding diaryl/α,β-unsaturated/α-hetero) is 1. The summed E-state index contributed by atoms with van der Waals surface area (Å²) >= 11 is 12.9. The van der Waals surface area contributed by atoms with Gasteiger partial charge in [0.15, 0.2) is 0 Å². The molecule has 5 atom stereocenters. The highest BCUT2D eigenvalue weighted by Gasteiger charge is 2.74. The molecule has 2 fully saturated rings. The van der Waals surface area contributed by atoms with E-state index >= 15 is 0 Å². The molecule has 40 heavy (non-hydrogen) atoms. The third-order valence-electron chi connectivity index (χ3n) is 7.83. The number of carbonyl (C=O) groups is 5. The summed E-state index contributed by atoms with van der Waals surface area (Å²) < 4.78 is 4.24. The van der Waals surface area contributed by atoms with Crippen molar-refractivity contribution in [3.05, 3.63) is 35.4 Å². The van der Waals surface area contributed by atoms with Crippen molar-refractivity contribution in [2.45, 2.75) is 81.4 Å². The first-order valence-electron chi connectivity index (χ1n) is 13.5. The second kappa shape index (κ2) is 11.2. The first kappa shape index (κ1) is 30.1. The smallest absolute Gasteiger partial charge is 0.408 e. The Morgan fingerprint density at radius 1 is 1.10 bits per heavy atom. The van der Waals surface area contributed by atoms with Gasteiger partial charge in [0.2, 0.25) is 17.6 Å². The largest absolute Gasteiger partial charge is 0.444 e. The zero-order valence-corrected chi connectivity index (χ0v) is 24.6. The molecule has 12 heteroatoms. The number of fused-ring (bicyclic) bond motifs is 2. The van der Waals surface area contributed by atoms with Gasteiger partial charge in [0.05, 0.1) is 6.04 Å². The molecule has 0 radical (unpaired) electrons. The molecular formula is C28H36Cl2N4O6. The predicted molar refractivity (Wildman–Crippen MR) is 148 cm³/mol. The number of carbonyl (C=O) groups excluding carboxylic acids is 5. The molecule has 4 rings (SSSR count). The van der Waals surface area contributed by atoms with Crippen LogP contribution in [0.1, 0.15) is 51.7 Å². The van der Waals surface area contributed by atoms with Gasteiger partial charge in [-0.15, -0.1) is 23.2 Å². The molecule has 0 aromatic heterocycles. The average molecular weight is 596 g/mol. The number of nitrogens with zero attached hydrogens (tertiary/aromatic N) is 1. The molecule has 1 heterocycles. The number of hydrogen-bond acceptors (Lipinski definition) is 6. The lowest BCUT2D eigenvalue weighted by atomic mass is 9.94. The van der Waals surface area contributed by atoms with Gasteiger partial charge in [0.1, 0.15) is 22.0 Å². The number of nitrogens with one attached hydrogen (secondary N) is 2. The van der Waals surface area contributed by atoms with Crippen LogP contribution < -0.4 is 16.4 Å². The SMILES string of the molecule is CCCC(NC(=O)[C@@H]1[C@@H]2C(CN1C(=O)[C@@H](NC(=O)OC(C)(C)C)C1Cc3ccccc3C1)C2(Cl)Cl)C(=O)C(N)=O. The molecule has 218 valence electrons. The number of alkyl halides is 2. The van der Waals surface area contributed by atoms with E-state index in [0.717, 1.165) is 11.1 Å². The summed E-state index contributed by atoms with van der Waals surface area (Å²) in [5.41, 5.74) is 6.57. The number of nitrogens with two attached hydrogens (primary N) is 1. The van der Waals surface area contributed by atoms with E-state index in [1.54, 1.807) is 27.7 Å². The lowest BCUT2D eigenvalue weighted by molar-refractivity contribution is -0.143. The van der Waals surface area contributed by atoms with Crippen molar-refractivity contribution in [3.8, 4) is 0 Å². The fourth-order valence-electron chi connectivity index (χ4n) is 5.94. The molecule has 4 N–H and O–H groups in total. The highest BCUT2D eigenvalue weighted by molar-refractivity contribution is 6.51. The minimum absolute atomic E-state index is 0.100. The fourth-order valence-corrected chi connectivity index (χ4v) is 6.77. The predicted octanol–water partition coefficient (Wildman–Crippen LogP) is 2.26.